The molecule has 0 saturated carbocycles. The van der Waals surface area contributed by atoms with E-state index in [4.69, 9.17) is 11.6 Å². The van der Waals surface area contributed by atoms with Gasteiger partial charge >= 0.3 is 0 Å². The number of imidazole rings is 1. The molecule has 0 spiro atoms. The molecule has 0 aliphatic carbocycles. The lowest BCUT2D eigenvalue weighted by atomic mass is 10.1. The largest absolute Gasteiger partial charge is 0.331 e. The Morgan fingerprint density at radius 3 is 2.84 bits per heavy atom. The van der Waals surface area contributed by atoms with E-state index in [2.05, 4.69) is 40.8 Å². The zero-order valence-corrected chi connectivity index (χ0v) is 12.4. The molecule has 1 heterocycles. The number of hydrogen-bond donors (Lipinski definition) is 1. The molecule has 3 nitrogen and oxygen atoms in total. The Morgan fingerprint density at radius 1 is 1.42 bits per heavy atom. The van der Waals surface area contributed by atoms with Crippen LogP contribution in [-0.2, 0) is 6.54 Å². The number of rotatable bonds is 5. The van der Waals surface area contributed by atoms with Gasteiger partial charge in [0.2, 0.25) is 0 Å². The van der Waals surface area contributed by atoms with Crippen LogP contribution in [0.25, 0.3) is 11.4 Å². The maximum atomic E-state index is 6.37. The average molecular weight is 278 g/mol. The van der Waals surface area contributed by atoms with E-state index in [1.165, 1.54) is 0 Å². The quantitative estimate of drug-likeness (QED) is 0.898. The Labute approximate surface area is 119 Å². The predicted octanol–water partition coefficient (Wildman–Crippen LogP) is 3.89. The van der Waals surface area contributed by atoms with Crippen LogP contribution in [0.2, 0.25) is 5.02 Å². The molecule has 19 heavy (non-hydrogen) atoms. The smallest absolute Gasteiger partial charge is 0.139 e. The fourth-order valence-electron chi connectivity index (χ4n) is 2.16. The summed E-state index contributed by atoms with van der Waals surface area (Å²) in [6.45, 7) is 5.23. The highest BCUT2D eigenvalue weighted by atomic mass is 35.5. The Bertz CT molecular complexity index is 548. The number of nitrogens with zero attached hydrogens (tertiary/aromatic N) is 2. The molecule has 1 unspecified atom stereocenters. The third-order valence-corrected chi connectivity index (χ3v) is 3.67. The van der Waals surface area contributed by atoms with E-state index >= 15 is 0 Å². The van der Waals surface area contributed by atoms with Crippen LogP contribution < -0.4 is 5.32 Å². The molecule has 2 rings (SSSR count). The average Bonchev–Trinajstić information content (AvgIpc) is 2.86. The summed E-state index contributed by atoms with van der Waals surface area (Å²) in [5.41, 5.74) is 2.18. The van der Waals surface area contributed by atoms with Crippen LogP contribution in [0.15, 0.2) is 30.6 Å². The lowest BCUT2D eigenvalue weighted by molar-refractivity contribution is 0.652. The molecular formula is C15H20ClN3. The van der Waals surface area contributed by atoms with Gasteiger partial charge in [0.15, 0.2) is 0 Å². The minimum absolute atomic E-state index is 0.247. The topological polar surface area (TPSA) is 29.9 Å². The highest BCUT2D eigenvalue weighted by Gasteiger charge is 2.11. The summed E-state index contributed by atoms with van der Waals surface area (Å²) in [6.07, 6.45) is 4.94. The van der Waals surface area contributed by atoms with Gasteiger partial charge < -0.3 is 9.88 Å². The minimum Gasteiger partial charge on any atom is -0.331 e. The van der Waals surface area contributed by atoms with Crippen molar-refractivity contribution in [2.24, 2.45) is 0 Å². The molecule has 102 valence electrons. The molecule has 0 fully saturated rings. The first-order chi connectivity index (χ1) is 9.17. The number of aryl methyl sites for hydroxylation is 1. The third-order valence-electron chi connectivity index (χ3n) is 3.34. The fourth-order valence-corrected chi connectivity index (χ4v) is 2.51. The molecule has 0 bridgehead atoms. The second-order valence-corrected chi connectivity index (χ2v) is 5.10. The molecule has 1 aromatic carbocycles. The van der Waals surface area contributed by atoms with Crippen LogP contribution in [0.4, 0.5) is 0 Å². The minimum atomic E-state index is 0.247. The Hall–Kier alpha value is -1.32. The van der Waals surface area contributed by atoms with Gasteiger partial charge in [0.05, 0.1) is 0 Å². The molecule has 0 aliphatic heterocycles. The molecule has 1 atom stereocenters. The van der Waals surface area contributed by atoms with Crippen molar-refractivity contribution in [1.29, 1.82) is 0 Å². The Morgan fingerprint density at radius 2 is 2.21 bits per heavy atom. The summed E-state index contributed by atoms with van der Waals surface area (Å²) < 4.78 is 2.16. The van der Waals surface area contributed by atoms with Gasteiger partial charge in [-0.25, -0.2) is 4.98 Å². The van der Waals surface area contributed by atoms with Crippen molar-refractivity contribution in [2.75, 3.05) is 7.05 Å². The van der Waals surface area contributed by atoms with Crippen molar-refractivity contribution >= 4 is 11.6 Å². The van der Waals surface area contributed by atoms with Crippen LogP contribution in [0.3, 0.4) is 0 Å². The first kappa shape index (κ1) is 14.1. The van der Waals surface area contributed by atoms with Crippen LogP contribution in [0, 0.1) is 0 Å². The zero-order chi connectivity index (χ0) is 13.8. The SMILES string of the molecule is CCCn1ccnc1-c1ccc(C(C)NC)c(Cl)c1. The lowest BCUT2D eigenvalue weighted by Crippen LogP contribution is -2.12. The summed E-state index contributed by atoms with van der Waals surface area (Å²) >= 11 is 6.37. The highest BCUT2D eigenvalue weighted by Crippen LogP contribution is 2.28. The molecule has 0 amide bonds. The number of hydrogen-bond acceptors (Lipinski definition) is 2. The number of aromatic nitrogens is 2. The number of benzene rings is 1. The molecule has 0 radical (unpaired) electrons. The van der Waals surface area contributed by atoms with Crippen LogP contribution in [0.5, 0.6) is 0 Å². The van der Waals surface area contributed by atoms with Gasteiger partial charge in [0.1, 0.15) is 5.82 Å². The fraction of sp³-hybridized carbons (Fsp3) is 0.400. The van der Waals surface area contributed by atoms with Crippen LogP contribution in [0.1, 0.15) is 31.9 Å². The molecular weight excluding hydrogens is 258 g/mol. The van der Waals surface area contributed by atoms with E-state index < -0.39 is 0 Å². The van der Waals surface area contributed by atoms with Gasteiger partial charge in [-0.1, -0.05) is 30.7 Å². The Balaban J connectivity index is 2.36. The van der Waals surface area contributed by atoms with E-state index in [0.717, 1.165) is 34.9 Å². The van der Waals surface area contributed by atoms with Gasteiger partial charge in [-0.2, -0.15) is 0 Å². The van der Waals surface area contributed by atoms with E-state index in [-0.39, 0.29) is 6.04 Å². The van der Waals surface area contributed by atoms with Crippen LogP contribution in [-0.4, -0.2) is 16.6 Å². The summed E-state index contributed by atoms with van der Waals surface area (Å²) in [5, 5.41) is 3.99. The predicted molar refractivity (Wildman–Crippen MR) is 80.4 cm³/mol. The maximum absolute atomic E-state index is 6.37. The molecule has 2 aromatic rings. The van der Waals surface area contributed by atoms with E-state index in [9.17, 15) is 0 Å². The van der Waals surface area contributed by atoms with Crippen molar-refractivity contribution in [3.63, 3.8) is 0 Å². The number of nitrogens with one attached hydrogen (secondary N) is 1. The highest BCUT2D eigenvalue weighted by molar-refractivity contribution is 6.31. The van der Waals surface area contributed by atoms with Crippen molar-refractivity contribution in [3.8, 4) is 11.4 Å². The van der Waals surface area contributed by atoms with Gasteiger partial charge in [-0.3, -0.25) is 0 Å². The Kier molecular flexibility index (Phi) is 4.61. The van der Waals surface area contributed by atoms with E-state index in [0.29, 0.717) is 0 Å². The summed E-state index contributed by atoms with van der Waals surface area (Å²) in [5.74, 6) is 0.979. The van der Waals surface area contributed by atoms with Crippen molar-refractivity contribution in [1.82, 2.24) is 14.9 Å². The van der Waals surface area contributed by atoms with Crippen molar-refractivity contribution in [3.05, 3.63) is 41.2 Å². The normalized spacial score (nSPS) is 12.6. The summed E-state index contributed by atoms with van der Waals surface area (Å²) in [7, 11) is 1.93. The first-order valence-corrected chi connectivity index (χ1v) is 7.03. The van der Waals surface area contributed by atoms with Gasteiger partial charge in [0, 0.05) is 35.6 Å². The summed E-state index contributed by atoms with van der Waals surface area (Å²) in [6, 6.07) is 6.41. The number of halogens is 1. The van der Waals surface area contributed by atoms with Crippen molar-refractivity contribution < 1.29 is 0 Å². The molecule has 0 saturated heterocycles. The van der Waals surface area contributed by atoms with E-state index in [1.54, 1.807) is 0 Å². The van der Waals surface area contributed by atoms with Crippen molar-refractivity contribution in [2.45, 2.75) is 32.9 Å². The molecule has 4 heteroatoms. The lowest BCUT2D eigenvalue weighted by Gasteiger charge is -2.14. The molecule has 1 aromatic heterocycles. The zero-order valence-electron chi connectivity index (χ0n) is 11.7. The van der Waals surface area contributed by atoms with Crippen LogP contribution >= 0.6 is 11.6 Å². The van der Waals surface area contributed by atoms with E-state index in [1.807, 2.05) is 25.5 Å². The van der Waals surface area contributed by atoms with Gasteiger partial charge in [-0.05, 0) is 32.0 Å². The third kappa shape index (κ3) is 2.99. The van der Waals surface area contributed by atoms with Gasteiger partial charge in [0.25, 0.3) is 0 Å². The monoisotopic (exact) mass is 277 g/mol. The molecule has 1 N–H and O–H groups in total. The van der Waals surface area contributed by atoms with Gasteiger partial charge in [-0.15, -0.1) is 0 Å². The maximum Gasteiger partial charge on any atom is 0.139 e. The first-order valence-electron chi connectivity index (χ1n) is 6.65. The second-order valence-electron chi connectivity index (χ2n) is 4.69. The standard InChI is InChI=1S/C15H20ClN3/c1-4-8-19-9-7-18-15(19)12-5-6-13(11(2)17-3)14(16)10-12/h5-7,9-11,17H,4,8H2,1-3H3. The summed E-state index contributed by atoms with van der Waals surface area (Å²) in [4.78, 5) is 4.43. The molecule has 0 aliphatic rings. The second kappa shape index (κ2) is 6.22.